The second-order valence-corrected chi connectivity index (χ2v) is 2.88. The summed E-state index contributed by atoms with van der Waals surface area (Å²) in [5, 5.41) is 11.2. The topological polar surface area (TPSA) is 75.6 Å². The molecule has 0 saturated carbocycles. The van der Waals surface area contributed by atoms with Crippen LogP contribution in [-0.4, -0.2) is 36.7 Å². The zero-order valence-electron chi connectivity index (χ0n) is 7.08. The molecule has 1 rings (SSSR count). The van der Waals surface area contributed by atoms with Crippen LogP contribution in [-0.2, 0) is 14.3 Å². The number of rotatable bonds is 4. The summed E-state index contributed by atoms with van der Waals surface area (Å²) in [7, 11) is 0. The summed E-state index contributed by atoms with van der Waals surface area (Å²) in [5.41, 5.74) is -1.37. The van der Waals surface area contributed by atoms with E-state index >= 15 is 0 Å². The van der Waals surface area contributed by atoms with Crippen molar-refractivity contribution in [1.82, 2.24) is 5.32 Å². The maximum absolute atomic E-state index is 11.3. The molecule has 72 valence electrons. The van der Waals surface area contributed by atoms with E-state index in [0.717, 1.165) is 0 Å². The third-order valence-corrected chi connectivity index (χ3v) is 1.95. The number of amides is 1. The summed E-state index contributed by atoms with van der Waals surface area (Å²) in [5.74, 6) is -1.65. The Kier molecular flexibility index (Phi) is 2.67. The lowest BCUT2D eigenvalue weighted by atomic mass is 9.85. The lowest BCUT2D eigenvalue weighted by molar-refractivity contribution is -0.185. The molecule has 2 N–H and O–H groups in total. The van der Waals surface area contributed by atoms with Crippen LogP contribution in [0.15, 0.2) is 12.7 Å². The number of carbonyl (C=O) groups is 2. The maximum Gasteiger partial charge on any atom is 0.324 e. The van der Waals surface area contributed by atoms with Gasteiger partial charge < -0.3 is 15.2 Å². The largest absolute Gasteiger partial charge is 0.480 e. The first-order valence-electron chi connectivity index (χ1n) is 3.84. The van der Waals surface area contributed by atoms with Gasteiger partial charge in [0.1, 0.15) is 0 Å². The molecular weight excluding hydrogens is 174 g/mol. The average Bonchev–Trinajstić information content (AvgIpc) is 1.97. The van der Waals surface area contributed by atoms with Crippen molar-refractivity contribution >= 4 is 11.9 Å². The highest BCUT2D eigenvalue weighted by Crippen LogP contribution is 2.27. The Morgan fingerprint density at radius 1 is 1.62 bits per heavy atom. The van der Waals surface area contributed by atoms with E-state index in [-0.39, 0.29) is 19.8 Å². The van der Waals surface area contributed by atoms with Crippen molar-refractivity contribution in [3.05, 3.63) is 12.7 Å². The number of carboxylic acids is 1. The first-order valence-corrected chi connectivity index (χ1v) is 3.84. The molecule has 1 aliphatic rings. The van der Waals surface area contributed by atoms with Crippen molar-refractivity contribution in [3.8, 4) is 0 Å². The van der Waals surface area contributed by atoms with E-state index in [4.69, 9.17) is 9.84 Å². The fourth-order valence-corrected chi connectivity index (χ4v) is 0.992. The smallest absolute Gasteiger partial charge is 0.324 e. The maximum atomic E-state index is 11.3. The van der Waals surface area contributed by atoms with Crippen molar-refractivity contribution in [2.45, 2.75) is 0 Å². The molecule has 0 spiro atoms. The molecule has 0 aliphatic carbocycles. The molecular formula is C8H11NO4. The fourth-order valence-electron chi connectivity index (χ4n) is 0.992. The molecule has 1 aliphatic heterocycles. The van der Waals surface area contributed by atoms with E-state index in [1.54, 1.807) is 0 Å². The van der Waals surface area contributed by atoms with E-state index in [9.17, 15) is 9.59 Å². The highest BCUT2D eigenvalue weighted by Gasteiger charge is 2.52. The third-order valence-electron chi connectivity index (χ3n) is 1.95. The molecule has 0 bridgehead atoms. The van der Waals surface area contributed by atoms with Gasteiger partial charge >= 0.3 is 5.97 Å². The Morgan fingerprint density at radius 2 is 2.23 bits per heavy atom. The minimum absolute atomic E-state index is 0.0503. The van der Waals surface area contributed by atoms with Crippen LogP contribution in [0.3, 0.4) is 0 Å². The summed E-state index contributed by atoms with van der Waals surface area (Å²) in [6.45, 7) is 3.58. The van der Waals surface area contributed by atoms with Gasteiger partial charge in [-0.05, 0) is 0 Å². The average molecular weight is 185 g/mol. The van der Waals surface area contributed by atoms with E-state index in [2.05, 4.69) is 11.9 Å². The van der Waals surface area contributed by atoms with Crippen molar-refractivity contribution in [2.24, 2.45) is 5.41 Å². The van der Waals surface area contributed by atoms with Gasteiger partial charge in [-0.1, -0.05) is 6.08 Å². The van der Waals surface area contributed by atoms with Gasteiger partial charge in [0, 0.05) is 6.54 Å². The summed E-state index contributed by atoms with van der Waals surface area (Å²) < 4.78 is 4.73. The molecule has 1 saturated heterocycles. The summed E-state index contributed by atoms with van der Waals surface area (Å²) >= 11 is 0. The Morgan fingerprint density at radius 3 is 2.54 bits per heavy atom. The van der Waals surface area contributed by atoms with Crippen LogP contribution >= 0.6 is 0 Å². The van der Waals surface area contributed by atoms with Gasteiger partial charge in [0.25, 0.3) is 0 Å². The van der Waals surface area contributed by atoms with Crippen molar-refractivity contribution in [2.75, 3.05) is 19.8 Å². The van der Waals surface area contributed by atoms with Gasteiger partial charge in [-0.3, -0.25) is 9.59 Å². The van der Waals surface area contributed by atoms with Crippen molar-refractivity contribution in [1.29, 1.82) is 0 Å². The van der Waals surface area contributed by atoms with Crippen LogP contribution in [0, 0.1) is 5.41 Å². The van der Waals surface area contributed by atoms with Crippen LogP contribution in [0.1, 0.15) is 0 Å². The molecule has 13 heavy (non-hydrogen) atoms. The minimum atomic E-state index is -1.37. The summed E-state index contributed by atoms with van der Waals surface area (Å²) in [6, 6.07) is 0. The SMILES string of the molecule is C=CCNC(=O)C1(C(=O)O)COC1. The standard InChI is InChI=1S/C8H11NO4/c1-2-3-9-6(10)8(7(11)12)4-13-5-8/h2H,1,3-5H2,(H,9,10)(H,11,12). The Balaban J connectivity index is 2.60. The number of hydrogen-bond acceptors (Lipinski definition) is 3. The van der Waals surface area contributed by atoms with Crippen LogP contribution in [0.25, 0.3) is 0 Å². The summed E-state index contributed by atoms with van der Waals surface area (Å²) in [4.78, 5) is 22.1. The second kappa shape index (κ2) is 3.57. The summed E-state index contributed by atoms with van der Waals surface area (Å²) in [6.07, 6.45) is 1.49. The number of hydrogen-bond donors (Lipinski definition) is 2. The lowest BCUT2D eigenvalue weighted by Crippen LogP contribution is -2.58. The highest BCUT2D eigenvalue weighted by molar-refractivity contribution is 6.03. The van der Waals surface area contributed by atoms with Crippen LogP contribution in [0.2, 0.25) is 0 Å². The molecule has 0 unspecified atom stereocenters. The van der Waals surface area contributed by atoms with E-state index < -0.39 is 17.3 Å². The zero-order chi connectivity index (χ0) is 9.90. The van der Waals surface area contributed by atoms with E-state index in [0.29, 0.717) is 0 Å². The van der Waals surface area contributed by atoms with Gasteiger partial charge in [0.2, 0.25) is 5.91 Å². The van der Waals surface area contributed by atoms with E-state index in [1.807, 2.05) is 0 Å². The number of ether oxygens (including phenoxy) is 1. The van der Waals surface area contributed by atoms with Gasteiger partial charge in [-0.15, -0.1) is 6.58 Å². The highest BCUT2D eigenvalue weighted by atomic mass is 16.5. The Hall–Kier alpha value is -1.36. The molecule has 0 aromatic carbocycles. The van der Waals surface area contributed by atoms with Crippen molar-refractivity contribution < 1.29 is 19.4 Å². The van der Waals surface area contributed by atoms with Gasteiger partial charge in [0.15, 0.2) is 5.41 Å². The van der Waals surface area contributed by atoms with Gasteiger partial charge in [0.05, 0.1) is 13.2 Å². The molecule has 1 fully saturated rings. The molecule has 0 atom stereocenters. The number of aliphatic carboxylic acids is 1. The van der Waals surface area contributed by atoms with Crippen LogP contribution in [0.5, 0.6) is 0 Å². The third kappa shape index (κ3) is 1.55. The number of nitrogens with one attached hydrogen (secondary N) is 1. The lowest BCUT2D eigenvalue weighted by Gasteiger charge is -2.35. The number of carbonyl (C=O) groups excluding carboxylic acids is 1. The normalized spacial score (nSPS) is 18.5. The quantitative estimate of drug-likeness (QED) is 0.452. The zero-order valence-corrected chi connectivity index (χ0v) is 7.08. The predicted molar refractivity (Wildman–Crippen MR) is 44.1 cm³/mol. The van der Waals surface area contributed by atoms with Gasteiger partial charge in [-0.2, -0.15) is 0 Å². The Bertz CT molecular complexity index is 245. The molecule has 0 radical (unpaired) electrons. The van der Waals surface area contributed by atoms with Crippen LogP contribution < -0.4 is 5.32 Å². The van der Waals surface area contributed by atoms with Crippen molar-refractivity contribution in [3.63, 3.8) is 0 Å². The minimum Gasteiger partial charge on any atom is -0.480 e. The van der Waals surface area contributed by atoms with E-state index in [1.165, 1.54) is 6.08 Å². The molecule has 0 aromatic rings. The molecule has 1 amide bonds. The molecule has 5 heteroatoms. The second-order valence-electron chi connectivity index (χ2n) is 2.88. The fraction of sp³-hybridized carbons (Fsp3) is 0.500. The molecule has 1 heterocycles. The predicted octanol–water partition coefficient (Wildman–Crippen LogP) is -0.610. The molecule has 5 nitrogen and oxygen atoms in total. The first-order chi connectivity index (χ1) is 6.13. The van der Waals surface area contributed by atoms with Gasteiger partial charge in [-0.25, -0.2) is 0 Å². The van der Waals surface area contributed by atoms with Crippen LogP contribution in [0.4, 0.5) is 0 Å². The monoisotopic (exact) mass is 185 g/mol. The number of carboxylic acid groups (broad SMARTS) is 1. The first kappa shape index (κ1) is 9.73. The Labute approximate surface area is 75.4 Å². The molecule has 0 aromatic heterocycles.